The molecule has 70 valence electrons. The Kier molecular flexibility index (Phi) is 2.79. The van der Waals surface area contributed by atoms with E-state index in [-0.39, 0.29) is 17.7 Å². The highest BCUT2D eigenvalue weighted by molar-refractivity contribution is 5.97. The van der Waals surface area contributed by atoms with Crippen LogP contribution in [0.25, 0.3) is 0 Å². The molecule has 0 aromatic carbocycles. The number of nitrogens with zero attached hydrogens (tertiary/aromatic N) is 1. The standard InChI is InChI=1S/C10H13NO2/c1-10(2)4-3-8(6-11-7-12)9(13)5-10/h3H,4-6H2,1-2H3. The first-order chi connectivity index (χ1) is 6.05. The molecule has 0 unspecified atom stereocenters. The van der Waals surface area contributed by atoms with Crippen molar-refractivity contribution < 1.29 is 9.59 Å². The molecule has 0 amide bonds. The Morgan fingerprint density at radius 3 is 2.85 bits per heavy atom. The van der Waals surface area contributed by atoms with Gasteiger partial charge < -0.3 is 0 Å². The summed E-state index contributed by atoms with van der Waals surface area (Å²) in [5.74, 6) is 0.107. The molecular formula is C10H13NO2. The Bertz CT molecular complexity index is 296. The van der Waals surface area contributed by atoms with Crippen molar-refractivity contribution in [3.05, 3.63) is 11.6 Å². The predicted molar refractivity (Wildman–Crippen MR) is 49.1 cm³/mol. The topological polar surface area (TPSA) is 46.5 Å². The SMILES string of the molecule is CC1(C)CC=C(CN=C=O)C(=O)C1. The lowest BCUT2D eigenvalue weighted by molar-refractivity contribution is -0.117. The molecular weight excluding hydrogens is 166 g/mol. The van der Waals surface area contributed by atoms with Gasteiger partial charge in [-0.25, -0.2) is 9.79 Å². The van der Waals surface area contributed by atoms with E-state index in [1.165, 1.54) is 6.08 Å². The molecule has 0 radical (unpaired) electrons. The molecule has 0 spiro atoms. The van der Waals surface area contributed by atoms with Gasteiger partial charge >= 0.3 is 0 Å². The normalized spacial score (nSPS) is 20.5. The minimum Gasteiger partial charge on any atom is -0.294 e. The maximum atomic E-state index is 11.5. The number of hydrogen-bond donors (Lipinski definition) is 0. The molecule has 0 aliphatic heterocycles. The maximum absolute atomic E-state index is 11.5. The molecule has 0 aromatic heterocycles. The summed E-state index contributed by atoms with van der Waals surface area (Å²) in [7, 11) is 0. The average molecular weight is 179 g/mol. The maximum Gasteiger partial charge on any atom is 0.235 e. The van der Waals surface area contributed by atoms with E-state index in [2.05, 4.69) is 18.8 Å². The van der Waals surface area contributed by atoms with Gasteiger partial charge in [0.25, 0.3) is 0 Å². The average Bonchev–Trinajstić information content (AvgIpc) is 2.02. The lowest BCUT2D eigenvalue weighted by Crippen LogP contribution is -2.23. The van der Waals surface area contributed by atoms with Crippen LogP contribution in [0.3, 0.4) is 0 Å². The van der Waals surface area contributed by atoms with Crippen molar-refractivity contribution in [1.82, 2.24) is 0 Å². The van der Waals surface area contributed by atoms with Gasteiger partial charge in [-0.2, -0.15) is 0 Å². The molecule has 13 heavy (non-hydrogen) atoms. The Morgan fingerprint density at radius 1 is 1.62 bits per heavy atom. The van der Waals surface area contributed by atoms with E-state index < -0.39 is 0 Å². The molecule has 0 aromatic rings. The van der Waals surface area contributed by atoms with E-state index >= 15 is 0 Å². The van der Waals surface area contributed by atoms with Crippen LogP contribution < -0.4 is 0 Å². The molecule has 0 saturated heterocycles. The highest BCUT2D eigenvalue weighted by Gasteiger charge is 2.27. The van der Waals surface area contributed by atoms with Crippen LogP contribution in [0.4, 0.5) is 0 Å². The minimum atomic E-state index is 0.0610. The molecule has 3 heteroatoms. The largest absolute Gasteiger partial charge is 0.294 e. The van der Waals surface area contributed by atoms with Crippen LogP contribution in [0, 0.1) is 5.41 Å². The lowest BCUT2D eigenvalue weighted by atomic mass is 9.78. The van der Waals surface area contributed by atoms with Crippen LogP contribution in [-0.2, 0) is 9.59 Å². The van der Waals surface area contributed by atoms with Crippen LogP contribution in [0.2, 0.25) is 0 Å². The zero-order valence-corrected chi connectivity index (χ0v) is 7.96. The summed E-state index contributed by atoms with van der Waals surface area (Å²) < 4.78 is 0. The van der Waals surface area contributed by atoms with Crippen molar-refractivity contribution in [3.63, 3.8) is 0 Å². The molecule has 1 aliphatic rings. The van der Waals surface area contributed by atoms with Gasteiger partial charge in [0, 0.05) is 12.0 Å². The number of carbonyl (C=O) groups is 1. The zero-order valence-electron chi connectivity index (χ0n) is 7.96. The summed E-state index contributed by atoms with van der Waals surface area (Å²) in [5.41, 5.74) is 0.716. The van der Waals surface area contributed by atoms with Crippen molar-refractivity contribution in [2.45, 2.75) is 26.7 Å². The van der Waals surface area contributed by atoms with Crippen LogP contribution in [0.15, 0.2) is 16.6 Å². The number of isocyanates is 1. The fourth-order valence-electron chi connectivity index (χ4n) is 1.40. The third-order valence-corrected chi connectivity index (χ3v) is 2.21. The number of allylic oxidation sites excluding steroid dienone is 1. The Balaban J connectivity index is 2.73. The molecule has 1 rings (SSSR count). The van der Waals surface area contributed by atoms with Gasteiger partial charge in [-0.3, -0.25) is 4.79 Å². The quantitative estimate of drug-likeness (QED) is 0.478. The second-order valence-electron chi connectivity index (χ2n) is 4.11. The third kappa shape index (κ3) is 2.63. The summed E-state index contributed by atoms with van der Waals surface area (Å²) in [4.78, 5) is 24.7. The first kappa shape index (κ1) is 9.87. The van der Waals surface area contributed by atoms with Gasteiger partial charge in [0.05, 0.1) is 6.54 Å². The summed E-state index contributed by atoms with van der Waals surface area (Å²) in [6.45, 7) is 4.31. The Morgan fingerprint density at radius 2 is 2.31 bits per heavy atom. The monoisotopic (exact) mass is 179 g/mol. The van der Waals surface area contributed by atoms with Crippen molar-refractivity contribution in [3.8, 4) is 0 Å². The number of Topliss-reactive ketones (excluding diaryl/α,β-unsaturated/α-hetero) is 1. The number of hydrogen-bond acceptors (Lipinski definition) is 3. The van der Waals surface area contributed by atoms with Crippen LogP contribution in [0.5, 0.6) is 0 Å². The smallest absolute Gasteiger partial charge is 0.235 e. The zero-order chi connectivity index (χ0) is 9.90. The molecule has 3 nitrogen and oxygen atoms in total. The van der Waals surface area contributed by atoms with Crippen molar-refractivity contribution in [1.29, 1.82) is 0 Å². The highest BCUT2D eigenvalue weighted by Crippen LogP contribution is 2.31. The van der Waals surface area contributed by atoms with Gasteiger partial charge in [-0.05, 0) is 11.8 Å². The fraction of sp³-hybridized carbons (Fsp3) is 0.600. The van der Waals surface area contributed by atoms with Gasteiger partial charge in [-0.15, -0.1) is 0 Å². The number of aliphatic imine (C=N–C) groups is 1. The van der Waals surface area contributed by atoms with E-state index in [0.29, 0.717) is 12.0 Å². The van der Waals surface area contributed by atoms with E-state index in [9.17, 15) is 9.59 Å². The van der Waals surface area contributed by atoms with Crippen LogP contribution in [0.1, 0.15) is 26.7 Å². The van der Waals surface area contributed by atoms with E-state index in [1.807, 2.05) is 6.08 Å². The van der Waals surface area contributed by atoms with Crippen molar-refractivity contribution >= 4 is 11.9 Å². The predicted octanol–water partition coefficient (Wildman–Crippen LogP) is 1.64. The number of rotatable bonds is 2. The van der Waals surface area contributed by atoms with E-state index in [0.717, 1.165) is 6.42 Å². The van der Waals surface area contributed by atoms with E-state index in [4.69, 9.17) is 0 Å². The van der Waals surface area contributed by atoms with E-state index in [1.54, 1.807) is 0 Å². The summed E-state index contributed by atoms with van der Waals surface area (Å²) in [6.07, 6.45) is 4.75. The second kappa shape index (κ2) is 3.67. The number of carbonyl (C=O) groups excluding carboxylic acids is 2. The summed E-state index contributed by atoms with van der Waals surface area (Å²) >= 11 is 0. The molecule has 1 aliphatic carbocycles. The van der Waals surface area contributed by atoms with Crippen molar-refractivity contribution in [2.75, 3.05) is 6.54 Å². The highest BCUT2D eigenvalue weighted by atomic mass is 16.1. The molecule has 0 saturated carbocycles. The fourth-order valence-corrected chi connectivity index (χ4v) is 1.40. The third-order valence-electron chi connectivity index (χ3n) is 2.21. The van der Waals surface area contributed by atoms with Gasteiger partial charge in [-0.1, -0.05) is 19.9 Å². The molecule has 0 fully saturated rings. The Labute approximate surface area is 77.5 Å². The second-order valence-corrected chi connectivity index (χ2v) is 4.11. The van der Waals surface area contributed by atoms with Crippen LogP contribution >= 0.6 is 0 Å². The van der Waals surface area contributed by atoms with Gasteiger partial charge in [0.2, 0.25) is 6.08 Å². The van der Waals surface area contributed by atoms with Crippen molar-refractivity contribution in [2.24, 2.45) is 10.4 Å². The Hall–Kier alpha value is -1.21. The molecule has 0 atom stereocenters. The summed E-state index contributed by atoms with van der Waals surface area (Å²) in [5, 5.41) is 0. The molecule has 0 bridgehead atoms. The van der Waals surface area contributed by atoms with Crippen LogP contribution in [-0.4, -0.2) is 18.4 Å². The van der Waals surface area contributed by atoms with Gasteiger partial charge in [0.15, 0.2) is 5.78 Å². The first-order valence-corrected chi connectivity index (χ1v) is 4.31. The first-order valence-electron chi connectivity index (χ1n) is 4.31. The number of ketones is 1. The summed E-state index contributed by atoms with van der Waals surface area (Å²) in [6, 6.07) is 0. The lowest BCUT2D eigenvalue weighted by Gasteiger charge is -2.26. The molecule has 0 N–H and O–H groups in total. The minimum absolute atomic E-state index is 0.0610. The van der Waals surface area contributed by atoms with Gasteiger partial charge in [0.1, 0.15) is 0 Å². The molecule has 0 heterocycles.